The van der Waals surface area contributed by atoms with Gasteiger partial charge in [-0.1, -0.05) is 30.3 Å². The number of methoxy groups -OCH3 is 1. The lowest BCUT2D eigenvalue weighted by atomic mass is 10.1. The van der Waals surface area contributed by atoms with Gasteiger partial charge in [0.1, 0.15) is 0 Å². The Balaban J connectivity index is 1.53. The number of nitrogens with zero attached hydrogens (tertiary/aromatic N) is 3. The van der Waals surface area contributed by atoms with Crippen LogP contribution in [0.25, 0.3) is 0 Å². The molecule has 5 nitrogen and oxygen atoms in total. The summed E-state index contributed by atoms with van der Waals surface area (Å²) in [6.45, 7) is 5.45. The SMILES string of the molecule is COC(=O)c1ccccc1CN(CCN1CCCC1)Cc1cccn1Cc1cccc(C(F)(F)F)c1. The van der Waals surface area contributed by atoms with Gasteiger partial charge in [-0.05, 0) is 67.4 Å². The summed E-state index contributed by atoms with van der Waals surface area (Å²) in [5.74, 6) is -0.363. The Kier molecular flexibility index (Phi) is 8.48. The molecule has 1 aromatic heterocycles. The summed E-state index contributed by atoms with van der Waals surface area (Å²) in [6, 6.07) is 16.9. The molecule has 0 amide bonds. The van der Waals surface area contributed by atoms with Crippen LogP contribution >= 0.6 is 0 Å². The number of ether oxygens (including phenoxy) is 1. The molecule has 0 N–H and O–H groups in total. The molecule has 1 saturated heterocycles. The van der Waals surface area contributed by atoms with E-state index in [2.05, 4.69) is 9.80 Å². The zero-order valence-electron chi connectivity index (χ0n) is 20.5. The number of esters is 1. The molecule has 2 aromatic carbocycles. The summed E-state index contributed by atoms with van der Waals surface area (Å²) < 4.78 is 46.5. The van der Waals surface area contributed by atoms with Crippen molar-refractivity contribution in [3.63, 3.8) is 0 Å². The van der Waals surface area contributed by atoms with E-state index in [-0.39, 0.29) is 5.97 Å². The fourth-order valence-electron chi connectivity index (χ4n) is 4.73. The van der Waals surface area contributed by atoms with E-state index in [1.807, 2.05) is 41.1 Å². The van der Waals surface area contributed by atoms with Crippen molar-refractivity contribution in [3.05, 3.63) is 94.8 Å². The maximum absolute atomic E-state index is 13.2. The molecule has 0 bridgehead atoms. The summed E-state index contributed by atoms with van der Waals surface area (Å²) >= 11 is 0. The minimum atomic E-state index is -4.37. The zero-order chi connectivity index (χ0) is 25.5. The van der Waals surface area contributed by atoms with Gasteiger partial charge in [-0.25, -0.2) is 4.79 Å². The Morgan fingerprint density at radius 3 is 2.53 bits per heavy atom. The first-order valence-corrected chi connectivity index (χ1v) is 12.2. The molecular weight excluding hydrogens is 467 g/mol. The van der Waals surface area contributed by atoms with Crippen LogP contribution in [0.1, 0.15) is 45.6 Å². The smallest absolute Gasteiger partial charge is 0.416 e. The van der Waals surface area contributed by atoms with Gasteiger partial charge < -0.3 is 14.2 Å². The van der Waals surface area contributed by atoms with Crippen LogP contribution < -0.4 is 0 Å². The summed E-state index contributed by atoms with van der Waals surface area (Å²) in [5, 5.41) is 0. The number of aromatic nitrogens is 1. The molecule has 8 heteroatoms. The normalized spacial score (nSPS) is 14.5. The highest BCUT2D eigenvalue weighted by molar-refractivity contribution is 5.90. The van der Waals surface area contributed by atoms with Crippen LogP contribution in [0.3, 0.4) is 0 Å². The molecule has 1 aliphatic heterocycles. The standard InChI is InChI=1S/C28H32F3N3O2/c1-36-27(35)26-12-3-2-9-23(26)20-33(17-16-32-13-4-5-14-32)21-25-11-7-15-34(25)19-22-8-6-10-24(18-22)28(29,30)31/h2-3,6-12,15,18H,4-5,13-14,16-17,19-21H2,1H3. The van der Waals surface area contributed by atoms with E-state index >= 15 is 0 Å². The van der Waals surface area contributed by atoms with E-state index < -0.39 is 11.7 Å². The Hall–Kier alpha value is -3.10. The summed E-state index contributed by atoms with van der Waals surface area (Å²) in [7, 11) is 1.38. The van der Waals surface area contributed by atoms with Crippen LogP contribution in [0.4, 0.5) is 13.2 Å². The van der Waals surface area contributed by atoms with Gasteiger partial charge in [-0.3, -0.25) is 4.90 Å². The van der Waals surface area contributed by atoms with Crippen LogP contribution in [-0.2, 0) is 30.5 Å². The fraction of sp³-hybridized carbons (Fsp3) is 0.393. The number of halogens is 3. The topological polar surface area (TPSA) is 37.7 Å². The lowest BCUT2D eigenvalue weighted by molar-refractivity contribution is -0.137. The van der Waals surface area contributed by atoms with Crippen molar-refractivity contribution in [3.8, 4) is 0 Å². The quantitative estimate of drug-likeness (QED) is 0.348. The molecule has 4 rings (SSSR count). The first-order valence-electron chi connectivity index (χ1n) is 12.2. The van der Waals surface area contributed by atoms with Crippen LogP contribution in [0.2, 0.25) is 0 Å². The molecule has 2 heterocycles. The third kappa shape index (κ3) is 6.77. The molecular formula is C28H32F3N3O2. The summed E-state index contributed by atoms with van der Waals surface area (Å²) in [5.41, 5.74) is 2.40. The van der Waals surface area contributed by atoms with Gasteiger partial charge in [0.2, 0.25) is 0 Å². The van der Waals surface area contributed by atoms with Crippen molar-refractivity contribution in [2.24, 2.45) is 0 Å². The maximum Gasteiger partial charge on any atom is 0.416 e. The van der Waals surface area contributed by atoms with Crippen molar-refractivity contribution in [2.75, 3.05) is 33.3 Å². The van der Waals surface area contributed by atoms with E-state index in [9.17, 15) is 18.0 Å². The highest BCUT2D eigenvalue weighted by Gasteiger charge is 2.30. The van der Waals surface area contributed by atoms with Crippen molar-refractivity contribution in [1.82, 2.24) is 14.4 Å². The van der Waals surface area contributed by atoms with Gasteiger partial charge in [0.25, 0.3) is 0 Å². The Bertz CT molecular complexity index is 1150. The molecule has 0 unspecified atom stereocenters. The van der Waals surface area contributed by atoms with E-state index in [1.54, 1.807) is 12.1 Å². The number of hydrogen-bond donors (Lipinski definition) is 0. The second kappa shape index (κ2) is 11.8. The number of carbonyl (C=O) groups is 1. The predicted octanol–water partition coefficient (Wildman–Crippen LogP) is 5.44. The van der Waals surface area contributed by atoms with E-state index in [0.717, 1.165) is 43.5 Å². The van der Waals surface area contributed by atoms with Crippen molar-refractivity contribution in [2.45, 2.75) is 38.7 Å². The Morgan fingerprint density at radius 1 is 1.00 bits per heavy atom. The third-order valence-corrected chi connectivity index (χ3v) is 6.66. The van der Waals surface area contributed by atoms with Crippen LogP contribution in [0.15, 0.2) is 66.9 Å². The molecule has 1 fully saturated rings. The fourth-order valence-corrected chi connectivity index (χ4v) is 4.73. The Morgan fingerprint density at radius 2 is 1.78 bits per heavy atom. The van der Waals surface area contributed by atoms with Crippen molar-refractivity contribution in [1.29, 1.82) is 0 Å². The monoisotopic (exact) mass is 499 g/mol. The van der Waals surface area contributed by atoms with Gasteiger partial charge in [-0.2, -0.15) is 13.2 Å². The van der Waals surface area contributed by atoms with Gasteiger partial charge in [0.05, 0.1) is 18.2 Å². The predicted molar refractivity (Wildman–Crippen MR) is 133 cm³/mol. The summed E-state index contributed by atoms with van der Waals surface area (Å²) in [6.07, 6.45) is -0.0401. The van der Waals surface area contributed by atoms with Gasteiger partial charge >= 0.3 is 12.1 Å². The van der Waals surface area contributed by atoms with E-state index in [0.29, 0.717) is 30.8 Å². The van der Waals surface area contributed by atoms with E-state index in [1.165, 1.54) is 32.1 Å². The number of carbonyl (C=O) groups excluding carboxylic acids is 1. The average Bonchev–Trinajstić information content (AvgIpc) is 3.54. The van der Waals surface area contributed by atoms with E-state index in [4.69, 9.17) is 4.74 Å². The van der Waals surface area contributed by atoms with Gasteiger partial charge in [-0.15, -0.1) is 0 Å². The van der Waals surface area contributed by atoms with Crippen LogP contribution in [0, 0.1) is 0 Å². The number of hydrogen-bond acceptors (Lipinski definition) is 4. The number of likely N-dealkylation sites (tertiary alicyclic amines) is 1. The van der Waals surface area contributed by atoms with Crippen molar-refractivity contribution < 1.29 is 22.7 Å². The number of alkyl halides is 3. The maximum atomic E-state index is 13.2. The minimum Gasteiger partial charge on any atom is -0.465 e. The molecule has 1 aliphatic rings. The average molecular weight is 500 g/mol. The number of benzene rings is 2. The minimum absolute atomic E-state index is 0.352. The molecule has 0 saturated carbocycles. The third-order valence-electron chi connectivity index (χ3n) is 6.66. The zero-order valence-corrected chi connectivity index (χ0v) is 20.5. The van der Waals surface area contributed by atoms with Crippen LogP contribution in [-0.4, -0.2) is 53.6 Å². The molecule has 0 radical (unpaired) electrons. The molecule has 36 heavy (non-hydrogen) atoms. The summed E-state index contributed by atoms with van der Waals surface area (Å²) in [4.78, 5) is 17.1. The lowest BCUT2D eigenvalue weighted by Gasteiger charge is -2.26. The van der Waals surface area contributed by atoms with Crippen molar-refractivity contribution >= 4 is 5.97 Å². The molecule has 0 spiro atoms. The van der Waals surface area contributed by atoms with Crippen LogP contribution in [0.5, 0.6) is 0 Å². The lowest BCUT2D eigenvalue weighted by Crippen LogP contribution is -2.34. The molecule has 192 valence electrons. The highest BCUT2D eigenvalue weighted by atomic mass is 19.4. The van der Waals surface area contributed by atoms with Gasteiger partial charge in [0.15, 0.2) is 0 Å². The largest absolute Gasteiger partial charge is 0.465 e. The molecule has 3 aromatic rings. The second-order valence-electron chi connectivity index (χ2n) is 9.23. The molecule has 0 aliphatic carbocycles. The Labute approximate surface area is 210 Å². The highest BCUT2D eigenvalue weighted by Crippen LogP contribution is 2.30. The second-order valence-corrected chi connectivity index (χ2v) is 9.23. The van der Waals surface area contributed by atoms with Gasteiger partial charge in [0, 0.05) is 44.6 Å². The first-order chi connectivity index (χ1) is 17.3. The first kappa shape index (κ1) is 26.0. The number of rotatable bonds is 10. The molecule has 0 atom stereocenters.